The first kappa shape index (κ1) is 18.4. The maximum atomic E-state index is 12.5. The number of carbonyl (C=O) groups excluding carboxylic acids is 1. The molecule has 122 valence electrons. The van der Waals surface area contributed by atoms with Crippen molar-refractivity contribution in [2.24, 2.45) is 17.1 Å². The first-order chi connectivity index (χ1) is 9.99. The molecule has 0 heterocycles. The zero-order valence-corrected chi connectivity index (χ0v) is 14.6. The molecule has 1 rings (SSSR count). The molecule has 0 radical (unpaired) electrons. The highest BCUT2D eigenvalue weighted by Crippen LogP contribution is 2.36. The van der Waals surface area contributed by atoms with Gasteiger partial charge >= 0.3 is 0 Å². The van der Waals surface area contributed by atoms with Gasteiger partial charge in [0.2, 0.25) is 5.91 Å². The van der Waals surface area contributed by atoms with Crippen LogP contribution < -0.4 is 11.1 Å². The van der Waals surface area contributed by atoms with Crippen LogP contribution in [0.5, 0.6) is 0 Å². The van der Waals surface area contributed by atoms with Crippen LogP contribution in [0.25, 0.3) is 0 Å². The van der Waals surface area contributed by atoms with Gasteiger partial charge < -0.3 is 11.1 Å². The van der Waals surface area contributed by atoms with Crippen molar-refractivity contribution in [3.05, 3.63) is 0 Å². The minimum absolute atomic E-state index is 0.0666. The zero-order valence-electron chi connectivity index (χ0n) is 13.7. The average Bonchev–Trinajstić information content (AvgIpc) is 2.46. The van der Waals surface area contributed by atoms with Gasteiger partial charge in [-0.05, 0) is 25.2 Å². The van der Waals surface area contributed by atoms with Crippen LogP contribution in [-0.2, 0) is 4.79 Å². The number of rotatable bonds is 9. The van der Waals surface area contributed by atoms with E-state index >= 15 is 0 Å². The van der Waals surface area contributed by atoms with Crippen LogP contribution in [-0.4, -0.2) is 17.4 Å². The molecule has 1 saturated carbocycles. The van der Waals surface area contributed by atoms with E-state index in [4.69, 9.17) is 18.0 Å². The molecule has 0 atom stereocenters. The third kappa shape index (κ3) is 5.93. The monoisotopic (exact) mass is 312 g/mol. The molecule has 0 aromatic rings. The molecule has 0 bridgehead atoms. The molecule has 0 aromatic heterocycles. The van der Waals surface area contributed by atoms with E-state index in [1.807, 2.05) is 0 Å². The number of hydrogen-bond donors (Lipinski definition) is 2. The molecule has 3 nitrogen and oxygen atoms in total. The average molecular weight is 313 g/mol. The highest BCUT2D eigenvalue weighted by atomic mass is 32.1. The minimum Gasteiger partial charge on any atom is -0.392 e. The Morgan fingerprint density at radius 1 is 1.14 bits per heavy atom. The Labute approximate surface area is 135 Å². The van der Waals surface area contributed by atoms with Crippen molar-refractivity contribution in [2.75, 3.05) is 6.54 Å². The van der Waals surface area contributed by atoms with E-state index in [0.29, 0.717) is 4.99 Å². The van der Waals surface area contributed by atoms with E-state index < -0.39 is 5.41 Å². The topological polar surface area (TPSA) is 55.1 Å². The fraction of sp³-hybridized carbons (Fsp3) is 0.882. The van der Waals surface area contributed by atoms with Gasteiger partial charge in [0.25, 0.3) is 0 Å². The second-order valence-electron chi connectivity index (χ2n) is 6.86. The summed E-state index contributed by atoms with van der Waals surface area (Å²) in [5, 5.41) is 3.07. The lowest BCUT2D eigenvalue weighted by atomic mass is 9.73. The maximum Gasteiger partial charge on any atom is 0.233 e. The van der Waals surface area contributed by atoms with E-state index in [0.717, 1.165) is 44.6 Å². The predicted octanol–water partition coefficient (Wildman–Crippen LogP) is 3.95. The van der Waals surface area contributed by atoms with Gasteiger partial charge in [-0.1, -0.05) is 71.0 Å². The summed E-state index contributed by atoms with van der Waals surface area (Å²) in [6.45, 7) is 5.28. The molecular formula is C17H32N2OS. The van der Waals surface area contributed by atoms with Gasteiger partial charge in [-0.15, -0.1) is 0 Å². The normalized spacial score (nSPS) is 17.7. The van der Waals surface area contributed by atoms with Crippen molar-refractivity contribution in [1.82, 2.24) is 5.32 Å². The predicted molar refractivity (Wildman–Crippen MR) is 93.2 cm³/mol. The third-order valence-electron chi connectivity index (χ3n) is 4.61. The summed E-state index contributed by atoms with van der Waals surface area (Å²) < 4.78 is 0. The van der Waals surface area contributed by atoms with Crippen LogP contribution in [0.3, 0.4) is 0 Å². The van der Waals surface area contributed by atoms with Crippen molar-refractivity contribution in [3.63, 3.8) is 0 Å². The van der Waals surface area contributed by atoms with E-state index in [1.54, 1.807) is 0 Å². The number of nitrogens with two attached hydrogens (primary N) is 1. The highest BCUT2D eigenvalue weighted by Gasteiger charge is 2.41. The molecular weight excluding hydrogens is 280 g/mol. The molecule has 1 fully saturated rings. The first-order valence-electron chi connectivity index (χ1n) is 8.57. The Kier molecular flexibility index (Phi) is 8.23. The maximum absolute atomic E-state index is 12.5. The summed E-state index contributed by atoms with van der Waals surface area (Å²) >= 11 is 5.18. The number of nitrogens with one attached hydrogen (secondary N) is 1. The smallest absolute Gasteiger partial charge is 0.233 e. The van der Waals surface area contributed by atoms with E-state index in [-0.39, 0.29) is 5.91 Å². The molecule has 4 heteroatoms. The Morgan fingerprint density at radius 2 is 1.76 bits per heavy atom. The molecule has 3 N–H and O–H groups in total. The Balaban J connectivity index is 2.24. The number of carbonyl (C=O) groups is 1. The lowest BCUT2D eigenvalue weighted by molar-refractivity contribution is -0.128. The summed E-state index contributed by atoms with van der Waals surface area (Å²) in [5.41, 5.74) is 5.31. The molecule has 1 aliphatic rings. The fourth-order valence-corrected chi connectivity index (χ4v) is 3.44. The van der Waals surface area contributed by atoms with E-state index in [1.165, 1.54) is 32.1 Å². The Morgan fingerprint density at radius 3 is 2.33 bits per heavy atom. The largest absolute Gasteiger partial charge is 0.392 e. The summed E-state index contributed by atoms with van der Waals surface area (Å²) in [5.74, 6) is 0.860. The van der Waals surface area contributed by atoms with Crippen LogP contribution in [0.15, 0.2) is 0 Å². The zero-order chi connectivity index (χ0) is 15.7. The molecule has 1 amide bonds. The Bertz CT molecular complexity index is 336. The van der Waals surface area contributed by atoms with Crippen LogP contribution in [0.4, 0.5) is 0 Å². The lowest BCUT2D eigenvalue weighted by Crippen LogP contribution is -2.50. The van der Waals surface area contributed by atoms with Crippen molar-refractivity contribution in [3.8, 4) is 0 Å². The molecule has 21 heavy (non-hydrogen) atoms. The van der Waals surface area contributed by atoms with Gasteiger partial charge in [-0.25, -0.2) is 0 Å². The fourth-order valence-electron chi connectivity index (χ4n) is 3.14. The molecule has 0 unspecified atom stereocenters. The summed E-state index contributed by atoms with van der Waals surface area (Å²) in [4.78, 5) is 12.8. The van der Waals surface area contributed by atoms with Gasteiger partial charge in [0, 0.05) is 6.54 Å². The summed E-state index contributed by atoms with van der Waals surface area (Å²) in [7, 11) is 0. The minimum atomic E-state index is -0.564. The SMILES string of the molecule is CC(C)CCCCCCNC(=O)C1(C(N)=S)CCCCC1. The third-order valence-corrected chi connectivity index (χ3v) is 5.00. The van der Waals surface area contributed by atoms with E-state index in [2.05, 4.69) is 19.2 Å². The second-order valence-corrected chi connectivity index (χ2v) is 7.30. The van der Waals surface area contributed by atoms with Crippen LogP contribution in [0.1, 0.15) is 78.1 Å². The molecule has 0 aliphatic heterocycles. The number of hydrogen-bond acceptors (Lipinski definition) is 2. The Hall–Kier alpha value is -0.640. The second kappa shape index (κ2) is 9.39. The van der Waals surface area contributed by atoms with Gasteiger partial charge in [-0.2, -0.15) is 0 Å². The number of amides is 1. The van der Waals surface area contributed by atoms with Crippen LogP contribution >= 0.6 is 12.2 Å². The number of thiocarbonyl (C=S) groups is 1. The lowest BCUT2D eigenvalue weighted by Gasteiger charge is -2.34. The van der Waals surface area contributed by atoms with E-state index in [9.17, 15) is 4.79 Å². The van der Waals surface area contributed by atoms with Gasteiger partial charge in [0.05, 0.1) is 10.4 Å². The molecule has 0 aromatic carbocycles. The first-order valence-corrected chi connectivity index (χ1v) is 8.98. The quantitative estimate of drug-likeness (QED) is 0.501. The van der Waals surface area contributed by atoms with Crippen molar-refractivity contribution < 1.29 is 4.79 Å². The summed E-state index contributed by atoms with van der Waals surface area (Å²) in [6, 6.07) is 0. The van der Waals surface area contributed by atoms with Crippen LogP contribution in [0, 0.1) is 11.3 Å². The molecule has 1 aliphatic carbocycles. The van der Waals surface area contributed by atoms with Crippen molar-refractivity contribution >= 4 is 23.1 Å². The molecule has 0 spiro atoms. The van der Waals surface area contributed by atoms with Crippen molar-refractivity contribution in [2.45, 2.75) is 78.1 Å². The summed E-state index contributed by atoms with van der Waals surface area (Å²) in [6.07, 6.45) is 11.0. The standard InChI is InChI=1S/C17H32N2OS/c1-14(2)10-6-3-4-9-13-19-16(20)17(15(18)21)11-7-5-8-12-17/h14H,3-13H2,1-2H3,(H2,18,21)(H,19,20). The van der Waals surface area contributed by atoms with Crippen molar-refractivity contribution in [1.29, 1.82) is 0 Å². The van der Waals surface area contributed by atoms with Crippen LogP contribution in [0.2, 0.25) is 0 Å². The highest BCUT2D eigenvalue weighted by molar-refractivity contribution is 7.80. The van der Waals surface area contributed by atoms with Gasteiger partial charge in [0.1, 0.15) is 0 Å². The number of unbranched alkanes of at least 4 members (excludes halogenated alkanes) is 3. The van der Waals surface area contributed by atoms with Gasteiger partial charge in [-0.3, -0.25) is 4.79 Å². The van der Waals surface area contributed by atoms with Gasteiger partial charge in [0.15, 0.2) is 0 Å². The molecule has 0 saturated heterocycles.